The monoisotopic (exact) mass is 439 g/mol. The van der Waals surface area contributed by atoms with Crippen molar-refractivity contribution in [3.05, 3.63) is 66.0 Å². The number of hydrogen-bond acceptors (Lipinski definition) is 3. The van der Waals surface area contributed by atoms with Gasteiger partial charge >= 0.3 is 0 Å². The van der Waals surface area contributed by atoms with Gasteiger partial charge in [-0.15, -0.1) is 24.0 Å². The average Bonchev–Trinajstić information content (AvgIpc) is 2.60. The first-order valence-electron chi connectivity index (χ1n) is 7.51. The fourth-order valence-corrected chi connectivity index (χ4v) is 1.97. The van der Waals surface area contributed by atoms with E-state index in [1.807, 2.05) is 18.2 Å². The number of amides is 1. The summed E-state index contributed by atoms with van der Waals surface area (Å²) in [4.78, 5) is 19.9. The first kappa shape index (κ1) is 19.9. The van der Waals surface area contributed by atoms with Gasteiger partial charge in [0.15, 0.2) is 5.96 Å². The zero-order chi connectivity index (χ0) is 16.3. The fraction of sp³-hybridized carbons (Fsp3) is 0.235. The van der Waals surface area contributed by atoms with Gasteiger partial charge in [0.2, 0.25) is 0 Å². The lowest BCUT2D eigenvalue weighted by Gasteiger charge is -2.07. The molecule has 2 aromatic rings. The molecule has 0 unspecified atom stereocenters. The van der Waals surface area contributed by atoms with Gasteiger partial charge in [0, 0.05) is 32.0 Å². The molecular formula is C17H22IN5O. The van der Waals surface area contributed by atoms with Crippen LogP contribution in [0.15, 0.2) is 59.9 Å². The molecule has 0 fully saturated rings. The molecule has 24 heavy (non-hydrogen) atoms. The standard InChI is InChI=1S/C17H21N5O.HI/c18-17(21-10-8-14-5-2-1-3-6-14)22-12-11-20-16(23)15-7-4-9-19-13-15;/h1-7,9,13H,8,10-12H2,(H,20,23)(H3,18,21,22);1H. The Hall–Kier alpha value is -2.16. The van der Waals surface area contributed by atoms with E-state index in [0.29, 0.717) is 31.2 Å². The molecule has 0 bridgehead atoms. The molecule has 1 heterocycles. The van der Waals surface area contributed by atoms with Crippen LogP contribution in [0, 0.1) is 0 Å². The minimum atomic E-state index is -0.153. The molecule has 1 amide bonds. The highest BCUT2D eigenvalue weighted by molar-refractivity contribution is 14.0. The van der Waals surface area contributed by atoms with Crippen LogP contribution in [-0.2, 0) is 6.42 Å². The van der Waals surface area contributed by atoms with Gasteiger partial charge in [-0.05, 0) is 24.1 Å². The maximum atomic E-state index is 11.8. The van der Waals surface area contributed by atoms with E-state index in [1.165, 1.54) is 11.8 Å². The zero-order valence-corrected chi connectivity index (χ0v) is 15.6. The summed E-state index contributed by atoms with van der Waals surface area (Å²) in [6.07, 6.45) is 4.01. The summed E-state index contributed by atoms with van der Waals surface area (Å²) in [5, 5.41) is 5.76. The molecule has 0 saturated heterocycles. The summed E-state index contributed by atoms with van der Waals surface area (Å²) in [5.74, 6) is 0.232. The minimum Gasteiger partial charge on any atom is -0.370 e. The summed E-state index contributed by atoms with van der Waals surface area (Å²) in [6.45, 7) is 1.61. The van der Waals surface area contributed by atoms with Crippen molar-refractivity contribution in [1.29, 1.82) is 0 Å². The lowest BCUT2D eigenvalue weighted by molar-refractivity contribution is 0.0954. The molecule has 0 aliphatic carbocycles. The molecule has 2 rings (SSSR count). The first-order chi connectivity index (χ1) is 11.3. The highest BCUT2D eigenvalue weighted by Gasteiger charge is 2.03. The Balaban J connectivity index is 0.00000288. The second-order valence-corrected chi connectivity index (χ2v) is 4.93. The van der Waals surface area contributed by atoms with E-state index in [0.717, 1.165) is 6.42 Å². The minimum absolute atomic E-state index is 0. The predicted molar refractivity (Wildman–Crippen MR) is 107 cm³/mol. The van der Waals surface area contributed by atoms with Crippen LogP contribution in [0.3, 0.4) is 0 Å². The number of pyridine rings is 1. The van der Waals surface area contributed by atoms with Crippen molar-refractivity contribution in [2.75, 3.05) is 19.6 Å². The summed E-state index contributed by atoms with van der Waals surface area (Å²) in [5.41, 5.74) is 7.55. The van der Waals surface area contributed by atoms with Gasteiger partial charge in [-0.25, -0.2) is 0 Å². The van der Waals surface area contributed by atoms with Gasteiger partial charge in [-0.2, -0.15) is 0 Å². The number of halogens is 1. The topological polar surface area (TPSA) is 92.4 Å². The number of guanidine groups is 1. The number of nitrogens with one attached hydrogen (secondary N) is 2. The predicted octanol–water partition coefficient (Wildman–Crippen LogP) is 1.58. The van der Waals surface area contributed by atoms with Gasteiger partial charge < -0.3 is 16.4 Å². The number of benzene rings is 1. The van der Waals surface area contributed by atoms with Crippen molar-refractivity contribution in [3.8, 4) is 0 Å². The van der Waals surface area contributed by atoms with E-state index < -0.39 is 0 Å². The summed E-state index contributed by atoms with van der Waals surface area (Å²) >= 11 is 0. The molecule has 0 aliphatic rings. The fourth-order valence-electron chi connectivity index (χ4n) is 1.97. The second-order valence-electron chi connectivity index (χ2n) is 4.93. The molecule has 7 heteroatoms. The SMILES string of the molecule is I.NC(=NCCc1ccccc1)NCCNC(=O)c1cccnc1. The third-order valence-electron chi connectivity index (χ3n) is 3.17. The third kappa shape index (κ3) is 7.40. The highest BCUT2D eigenvalue weighted by Crippen LogP contribution is 1.99. The van der Waals surface area contributed by atoms with E-state index >= 15 is 0 Å². The Morgan fingerprint density at radius 2 is 1.83 bits per heavy atom. The Kier molecular flexibility index (Phi) is 9.44. The van der Waals surface area contributed by atoms with Crippen molar-refractivity contribution >= 4 is 35.8 Å². The maximum Gasteiger partial charge on any atom is 0.252 e. The average molecular weight is 439 g/mol. The number of carbonyl (C=O) groups excluding carboxylic acids is 1. The number of carbonyl (C=O) groups is 1. The van der Waals surface area contributed by atoms with E-state index in [1.54, 1.807) is 18.3 Å². The number of nitrogens with two attached hydrogens (primary N) is 1. The van der Waals surface area contributed by atoms with Crippen LogP contribution >= 0.6 is 24.0 Å². The zero-order valence-electron chi connectivity index (χ0n) is 13.3. The molecule has 128 valence electrons. The molecule has 1 aromatic carbocycles. The smallest absolute Gasteiger partial charge is 0.252 e. The van der Waals surface area contributed by atoms with E-state index in [2.05, 4.69) is 32.7 Å². The van der Waals surface area contributed by atoms with Crippen LogP contribution in [0.25, 0.3) is 0 Å². The number of aliphatic imine (C=N–C) groups is 1. The third-order valence-corrected chi connectivity index (χ3v) is 3.17. The maximum absolute atomic E-state index is 11.8. The molecule has 0 aliphatic heterocycles. The Morgan fingerprint density at radius 1 is 1.08 bits per heavy atom. The van der Waals surface area contributed by atoms with Gasteiger partial charge in [0.1, 0.15) is 0 Å². The Labute approximate surface area is 159 Å². The molecule has 0 radical (unpaired) electrons. The lowest BCUT2D eigenvalue weighted by Crippen LogP contribution is -2.38. The Morgan fingerprint density at radius 3 is 2.54 bits per heavy atom. The van der Waals surface area contributed by atoms with Crippen LogP contribution in [0.5, 0.6) is 0 Å². The molecule has 0 spiro atoms. The molecule has 1 aromatic heterocycles. The van der Waals surface area contributed by atoms with Crippen molar-refractivity contribution in [1.82, 2.24) is 15.6 Å². The number of rotatable bonds is 7. The van der Waals surface area contributed by atoms with Gasteiger partial charge in [-0.1, -0.05) is 30.3 Å². The Bertz CT molecular complexity index is 634. The van der Waals surface area contributed by atoms with Crippen molar-refractivity contribution < 1.29 is 4.79 Å². The largest absolute Gasteiger partial charge is 0.370 e. The molecular weight excluding hydrogens is 417 g/mol. The van der Waals surface area contributed by atoms with E-state index in [4.69, 9.17) is 5.73 Å². The summed E-state index contributed by atoms with van der Waals surface area (Å²) < 4.78 is 0. The normalized spacial score (nSPS) is 10.6. The number of hydrogen-bond donors (Lipinski definition) is 3. The van der Waals surface area contributed by atoms with Crippen LogP contribution in [0.2, 0.25) is 0 Å². The molecule has 6 nitrogen and oxygen atoms in total. The van der Waals surface area contributed by atoms with Crippen molar-refractivity contribution in [2.45, 2.75) is 6.42 Å². The van der Waals surface area contributed by atoms with E-state index in [9.17, 15) is 4.79 Å². The highest BCUT2D eigenvalue weighted by atomic mass is 127. The van der Waals surface area contributed by atoms with Crippen LogP contribution in [0.1, 0.15) is 15.9 Å². The van der Waals surface area contributed by atoms with Crippen molar-refractivity contribution in [2.24, 2.45) is 10.7 Å². The first-order valence-corrected chi connectivity index (χ1v) is 7.51. The van der Waals surface area contributed by atoms with Crippen LogP contribution in [-0.4, -0.2) is 36.5 Å². The number of nitrogens with zero attached hydrogens (tertiary/aromatic N) is 2. The number of aromatic nitrogens is 1. The van der Waals surface area contributed by atoms with Gasteiger partial charge in [0.05, 0.1) is 5.56 Å². The lowest BCUT2D eigenvalue weighted by atomic mass is 10.2. The van der Waals surface area contributed by atoms with Crippen LogP contribution < -0.4 is 16.4 Å². The van der Waals surface area contributed by atoms with Gasteiger partial charge in [0.25, 0.3) is 5.91 Å². The quantitative estimate of drug-likeness (QED) is 0.264. The van der Waals surface area contributed by atoms with E-state index in [-0.39, 0.29) is 29.9 Å². The summed E-state index contributed by atoms with van der Waals surface area (Å²) in [6, 6.07) is 13.6. The summed E-state index contributed by atoms with van der Waals surface area (Å²) in [7, 11) is 0. The van der Waals surface area contributed by atoms with Gasteiger partial charge in [-0.3, -0.25) is 14.8 Å². The second kappa shape index (κ2) is 11.4. The molecule has 4 N–H and O–H groups in total. The molecule has 0 atom stereocenters. The van der Waals surface area contributed by atoms with Crippen molar-refractivity contribution in [3.63, 3.8) is 0 Å². The van der Waals surface area contributed by atoms with Crippen LogP contribution in [0.4, 0.5) is 0 Å². The molecule has 0 saturated carbocycles.